The first kappa shape index (κ1) is 9.68. The quantitative estimate of drug-likeness (QED) is 0.768. The molecule has 0 amide bonds. The normalized spacial score (nSPS) is 22.9. The molecule has 2 heterocycles. The summed E-state index contributed by atoms with van der Waals surface area (Å²) in [6, 6.07) is 2.77. The Balaban J connectivity index is 2.17. The second-order valence-electron chi connectivity index (χ2n) is 3.88. The number of nitrogens with one attached hydrogen (secondary N) is 1. The van der Waals surface area contributed by atoms with E-state index in [-0.39, 0.29) is 0 Å². The minimum Gasteiger partial charge on any atom is -0.378 e. The lowest BCUT2D eigenvalue weighted by Gasteiger charge is -2.25. The van der Waals surface area contributed by atoms with E-state index in [0.29, 0.717) is 12.1 Å². The van der Waals surface area contributed by atoms with E-state index < -0.39 is 0 Å². The van der Waals surface area contributed by atoms with Crippen molar-refractivity contribution in [2.75, 3.05) is 19.8 Å². The average Bonchev–Trinajstić information content (AvgIpc) is 2.67. The van der Waals surface area contributed by atoms with Gasteiger partial charge in [-0.2, -0.15) is 5.10 Å². The zero-order valence-corrected chi connectivity index (χ0v) is 8.73. The Morgan fingerprint density at radius 3 is 3.14 bits per heavy atom. The van der Waals surface area contributed by atoms with Gasteiger partial charge in [-0.05, 0) is 19.9 Å². The van der Waals surface area contributed by atoms with E-state index in [1.807, 2.05) is 10.9 Å². The Kier molecular flexibility index (Phi) is 2.84. The van der Waals surface area contributed by atoms with Crippen LogP contribution < -0.4 is 5.32 Å². The fourth-order valence-corrected chi connectivity index (χ4v) is 1.79. The summed E-state index contributed by atoms with van der Waals surface area (Å²) >= 11 is 0. The molecule has 0 aromatic carbocycles. The number of hydrogen-bond donors (Lipinski definition) is 1. The van der Waals surface area contributed by atoms with Crippen molar-refractivity contribution in [3.8, 4) is 0 Å². The molecule has 0 aliphatic carbocycles. The zero-order chi connectivity index (χ0) is 9.97. The second-order valence-corrected chi connectivity index (χ2v) is 3.88. The molecule has 0 saturated carbocycles. The molecule has 0 spiro atoms. The van der Waals surface area contributed by atoms with Gasteiger partial charge in [-0.1, -0.05) is 0 Å². The van der Waals surface area contributed by atoms with Gasteiger partial charge in [0.15, 0.2) is 0 Å². The van der Waals surface area contributed by atoms with Crippen LogP contribution in [0.5, 0.6) is 0 Å². The largest absolute Gasteiger partial charge is 0.378 e. The van der Waals surface area contributed by atoms with Crippen LogP contribution in [-0.2, 0) is 4.74 Å². The first-order chi connectivity index (χ1) is 6.79. The third-order valence-electron chi connectivity index (χ3n) is 2.47. The lowest BCUT2D eigenvalue weighted by molar-refractivity contribution is 0.0737. The summed E-state index contributed by atoms with van der Waals surface area (Å²) in [6.45, 7) is 6.76. The van der Waals surface area contributed by atoms with Crippen LogP contribution in [0.3, 0.4) is 0 Å². The van der Waals surface area contributed by atoms with Gasteiger partial charge in [-0.3, -0.25) is 4.68 Å². The van der Waals surface area contributed by atoms with E-state index in [4.69, 9.17) is 4.74 Å². The van der Waals surface area contributed by atoms with Crippen LogP contribution in [0.2, 0.25) is 0 Å². The Morgan fingerprint density at radius 1 is 1.64 bits per heavy atom. The molecule has 1 aromatic rings. The van der Waals surface area contributed by atoms with Crippen LogP contribution in [0, 0.1) is 0 Å². The van der Waals surface area contributed by atoms with Gasteiger partial charge >= 0.3 is 0 Å². The maximum atomic E-state index is 5.44. The van der Waals surface area contributed by atoms with E-state index in [0.717, 1.165) is 19.8 Å². The van der Waals surface area contributed by atoms with Crippen LogP contribution in [-0.4, -0.2) is 29.5 Å². The molecule has 4 heteroatoms. The highest BCUT2D eigenvalue weighted by molar-refractivity contribution is 5.08. The van der Waals surface area contributed by atoms with E-state index in [1.54, 1.807) is 0 Å². The maximum absolute atomic E-state index is 5.44. The summed E-state index contributed by atoms with van der Waals surface area (Å²) in [6.07, 6.45) is 1.85. The van der Waals surface area contributed by atoms with Gasteiger partial charge in [-0.15, -0.1) is 0 Å². The summed E-state index contributed by atoms with van der Waals surface area (Å²) in [5.41, 5.74) is 1.22. The van der Waals surface area contributed by atoms with Crippen LogP contribution in [0.1, 0.15) is 31.6 Å². The first-order valence-corrected chi connectivity index (χ1v) is 5.13. The fourth-order valence-electron chi connectivity index (χ4n) is 1.79. The Hall–Kier alpha value is -0.870. The number of hydrogen-bond acceptors (Lipinski definition) is 3. The Morgan fingerprint density at radius 2 is 2.50 bits per heavy atom. The van der Waals surface area contributed by atoms with Gasteiger partial charge in [0.25, 0.3) is 0 Å². The monoisotopic (exact) mass is 195 g/mol. The molecular weight excluding hydrogens is 178 g/mol. The molecule has 2 rings (SSSR count). The van der Waals surface area contributed by atoms with E-state index in [2.05, 4.69) is 30.3 Å². The van der Waals surface area contributed by atoms with Gasteiger partial charge in [0, 0.05) is 18.8 Å². The van der Waals surface area contributed by atoms with Crippen LogP contribution in [0.25, 0.3) is 0 Å². The minimum atomic E-state index is 0.300. The molecule has 14 heavy (non-hydrogen) atoms. The van der Waals surface area contributed by atoms with Crippen LogP contribution in [0.15, 0.2) is 12.3 Å². The van der Waals surface area contributed by atoms with Crippen molar-refractivity contribution in [3.63, 3.8) is 0 Å². The second kappa shape index (κ2) is 4.11. The lowest BCUT2D eigenvalue weighted by Crippen LogP contribution is -2.36. The number of morpholine rings is 1. The molecule has 1 atom stereocenters. The third-order valence-corrected chi connectivity index (χ3v) is 2.47. The van der Waals surface area contributed by atoms with Gasteiger partial charge in [0.05, 0.1) is 24.9 Å². The molecular formula is C10H17N3O. The average molecular weight is 195 g/mol. The van der Waals surface area contributed by atoms with Crippen molar-refractivity contribution >= 4 is 0 Å². The molecule has 0 radical (unpaired) electrons. The summed E-state index contributed by atoms with van der Waals surface area (Å²) in [5, 5.41) is 7.74. The highest BCUT2D eigenvalue weighted by Crippen LogP contribution is 2.18. The summed E-state index contributed by atoms with van der Waals surface area (Å²) in [4.78, 5) is 0. The highest BCUT2D eigenvalue weighted by Gasteiger charge is 2.19. The summed E-state index contributed by atoms with van der Waals surface area (Å²) in [7, 11) is 0. The standard InChI is InChI=1S/C10H17N3O/c1-8(2)13-10(3-4-12-13)9-7-14-6-5-11-9/h3-4,8-9,11H,5-7H2,1-2H3. The summed E-state index contributed by atoms with van der Waals surface area (Å²) in [5.74, 6) is 0. The number of nitrogens with zero attached hydrogens (tertiary/aromatic N) is 2. The zero-order valence-electron chi connectivity index (χ0n) is 8.73. The molecule has 1 aliphatic rings. The van der Waals surface area contributed by atoms with Gasteiger partial charge in [0.1, 0.15) is 0 Å². The Labute approximate surface area is 84.3 Å². The molecule has 1 aliphatic heterocycles. The van der Waals surface area contributed by atoms with E-state index in [1.165, 1.54) is 5.69 Å². The van der Waals surface area contributed by atoms with Crippen LogP contribution >= 0.6 is 0 Å². The number of aromatic nitrogens is 2. The Bertz CT molecular complexity index is 289. The molecule has 1 N–H and O–H groups in total. The molecule has 78 valence electrons. The first-order valence-electron chi connectivity index (χ1n) is 5.13. The predicted octanol–water partition coefficient (Wildman–Crippen LogP) is 1.12. The van der Waals surface area contributed by atoms with Crippen molar-refractivity contribution in [2.24, 2.45) is 0 Å². The van der Waals surface area contributed by atoms with Crippen molar-refractivity contribution in [1.29, 1.82) is 0 Å². The van der Waals surface area contributed by atoms with E-state index in [9.17, 15) is 0 Å². The smallest absolute Gasteiger partial charge is 0.0730 e. The SMILES string of the molecule is CC(C)n1nccc1C1COCCN1. The van der Waals surface area contributed by atoms with Crippen molar-refractivity contribution in [3.05, 3.63) is 18.0 Å². The fraction of sp³-hybridized carbons (Fsp3) is 0.700. The van der Waals surface area contributed by atoms with E-state index >= 15 is 0 Å². The van der Waals surface area contributed by atoms with Crippen molar-refractivity contribution in [2.45, 2.75) is 25.9 Å². The lowest BCUT2D eigenvalue weighted by atomic mass is 10.2. The highest BCUT2D eigenvalue weighted by atomic mass is 16.5. The predicted molar refractivity (Wildman–Crippen MR) is 54.2 cm³/mol. The maximum Gasteiger partial charge on any atom is 0.0730 e. The molecule has 1 unspecified atom stereocenters. The van der Waals surface area contributed by atoms with Gasteiger partial charge < -0.3 is 10.1 Å². The third kappa shape index (κ3) is 1.81. The molecule has 0 bridgehead atoms. The van der Waals surface area contributed by atoms with Gasteiger partial charge in [0.2, 0.25) is 0 Å². The van der Waals surface area contributed by atoms with Crippen LogP contribution in [0.4, 0.5) is 0 Å². The van der Waals surface area contributed by atoms with Crippen molar-refractivity contribution < 1.29 is 4.74 Å². The molecule has 1 saturated heterocycles. The molecule has 4 nitrogen and oxygen atoms in total. The summed E-state index contributed by atoms with van der Waals surface area (Å²) < 4.78 is 7.48. The topological polar surface area (TPSA) is 39.1 Å². The van der Waals surface area contributed by atoms with Crippen molar-refractivity contribution in [1.82, 2.24) is 15.1 Å². The molecule has 1 fully saturated rings. The minimum absolute atomic E-state index is 0.300. The van der Waals surface area contributed by atoms with Gasteiger partial charge in [-0.25, -0.2) is 0 Å². The number of ether oxygens (including phenoxy) is 1. The number of rotatable bonds is 2. The molecule has 1 aromatic heterocycles.